The van der Waals surface area contributed by atoms with E-state index in [4.69, 9.17) is 14.2 Å². The molecule has 1 fully saturated rings. The summed E-state index contributed by atoms with van der Waals surface area (Å²) in [5.41, 5.74) is 2.87. The van der Waals surface area contributed by atoms with Crippen LogP contribution in [-0.2, 0) is 22.5 Å². The molecule has 1 aromatic heterocycles. The van der Waals surface area contributed by atoms with Crippen LogP contribution in [0.4, 0.5) is 14.9 Å². The Labute approximate surface area is 214 Å². The number of carbonyl (C=O) groups is 2. The SMILES string of the molecule is CC1COc2nc(C(=O)NC3CCOC3)c(Cc3ccc(F)cc3)cc2N1C(=O)OCc1ccccc1. The minimum absolute atomic E-state index is 0.102. The van der Waals surface area contributed by atoms with E-state index < -0.39 is 6.09 Å². The second-order valence-corrected chi connectivity index (χ2v) is 9.23. The summed E-state index contributed by atoms with van der Waals surface area (Å²) < 4.78 is 30.3. The van der Waals surface area contributed by atoms with E-state index in [9.17, 15) is 14.0 Å². The van der Waals surface area contributed by atoms with Crippen molar-refractivity contribution in [1.29, 1.82) is 0 Å². The van der Waals surface area contributed by atoms with Crippen molar-refractivity contribution in [2.24, 2.45) is 0 Å². The van der Waals surface area contributed by atoms with Crippen LogP contribution >= 0.6 is 0 Å². The lowest BCUT2D eigenvalue weighted by Crippen LogP contribution is -2.46. The van der Waals surface area contributed by atoms with Crippen LogP contribution in [0.2, 0.25) is 0 Å². The summed E-state index contributed by atoms with van der Waals surface area (Å²) in [6.45, 7) is 3.21. The highest BCUT2D eigenvalue weighted by Crippen LogP contribution is 2.35. The summed E-state index contributed by atoms with van der Waals surface area (Å²) in [6.07, 6.45) is 0.501. The minimum Gasteiger partial charge on any atom is -0.474 e. The van der Waals surface area contributed by atoms with Gasteiger partial charge in [-0.3, -0.25) is 9.69 Å². The number of benzene rings is 2. The zero-order valence-corrected chi connectivity index (χ0v) is 20.5. The third-order valence-corrected chi connectivity index (χ3v) is 6.40. The lowest BCUT2D eigenvalue weighted by molar-refractivity contribution is 0.0922. The van der Waals surface area contributed by atoms with Gasteiger partial charge >= 0.3 is 6.09 Å². The molecule has 9 heteroatoms. The fraction of sp³-hybridized carbons (Fsp3) is 0.321. The molecule has 2 amide bonds. The summed E-state index contributed by atoms with van der Waals surface area (Å²) in [6, 6.07) is 16.8. The summed E-state index contributed by atoms with van der Waals surface area (Å²) in [5, 5.41) is 2.97. The molecule has 0 saturated carbocycles. The predicted molar refractivity (Wildman–Crippen MR) is 134 cm³/mol. The lowest BCUT2D eigenvalue weighted by atomic mass is 10.0. The first kappa shape index (κ1) is 24.7. The van der Waals surface area contributed by atoms with E-state index >= 15 is 0 Å². The molecule has 1 saturated heterocycles. The molecular formula is C28H28FN3O5. The van der Waals surface area contributed by atoms with Crippen molar-refractivity contribution in [1.82, 2.24) is 10.3 Å². The topological polar surface area (TPSA) is 90.0 Å². The maximum atomic E-state index is 13.5. The molecule has 0 aliphatic carbocycles. The van der Waals surface area contributed by atoms with Gasteiger partial charge in [0, 0.05) is 6.61 Å². The molecule has 192 valence electrons. The molecule has 5 rings (SSSR count). The molecule has 0 radical (unpaired) electrons. The number of amides is 2. The van der Waals surface area contributed by atoms with Gasteiger partial charge in [-0.1, -0.05) is 42.5 Å². The molecule has 2 aliphatic rings. The molecular weight excluding hydrogens is 477 g/mol. The number of aromatic nitrogens is 1. The Bertz CT molecular complexity index is 1260. The molecule has 0 bridgehead atoms. The van der Waals surface area contributed by atoms with Gasteiger partial charge in [-0.05, 0) is 54.7 Å². The zero-order chi connectivity index (χ0) is 25.8. The van der Waals surface area contributed by atoms with E-state index in [1.807, 2.05) is 37.3 Å². The van der Waals surface area contributed by atoms with Crippen LogP contribution in [0.15, 0.2) is 60.7 Å². The van der Waals surface area contributed by atoms with Crippen LogP contribution in [0.25, 0.3) is 0 Å². The number of pyridine rings is 1. The maximum Gasteiger partial charge on any atom is 0.415 e. The van der Waals surface area contributed by atoms with E-state index in [2.05, 4.69) is 10.3 Å². The highest BCUT2D eigenvalue weighted by atomic mass is 19.1. The van der Waals surface area contributed by atoms with Gasteiger partial charge in [0.05, 0.1) is 18.7 Å². The number of halogens is 1. The largest absolute Gasteiger partial charge is 0.474 e. The normalized spacial score (nSPS) is 18.6. The fourth-order valence-corrected chi connectivity index (χ4v) is 4.44. The molecule has 2 aliphatic heterocycles. The molecule has 8 nitrogen and oxygen atoms in total. The van der Waals surface area contributed by atoms with Crippen LogP contribution in [0.5, 0.6) is 5.88 Å². The average molecular weight is 506 g/mol. The van der Waals surface area contributed by atoms with Crippen LogP contribution in [0, 0.1) is 5.82 Å². The van der Waals surface area contributed by atoms with Crippen LogP contribution in [0.1, 0.15) is 40.5 Å². The lowest BCUT2D eigenvalue weighted by Gasteiger charge is -2.34. The van der Waals surface area contributed by atoms with Crippen molar-refractivity contribution in [3.8, 4) is 5.88 Å². The number of carbonyl (C=O) groups excluding carboxylic acids is 2. The van der Waals surface area contributed by atoms with E-state index in [1.54, 1.807) is 18.2 Å². The number of ether oxygens (including phenoxy) is 3. The summed E-state index contributed by atoms with van der Waals surface area (Å²) >= 11 is 0. The first-order valence-electron chi connectivity index (χ1n) is 12.3. The monoisotopic (exact) mass is 505 g/mol. The van der Waals surface area contributed by atoms with E-state index in [0.29, 0.717) is 30.9 Å². The van der Waals surface area contributed by atoms with Gasteiger partial charge in [0.25, 0.3) is 5.91 Å². The molecule has 37 heavy (non-hydrogen) atoms. The molecule has 0 spiro atoms. The van der Waals surface area contributed by atoms with Crippen molar-refractivity contribution in [2.75, 3.05) is 24.7 Å². The van der Waals surface area contributed by atoms with Gasteiger partial charge in [-0.15, -0.1) is 0 Å². The van der Waals surface area contributed by atoms with Gasteiger partial charge in [0.2, 0.25) is 5.88 Å². The van der Waals surface area contributed by atoms with Crippen molar-refractivity contribution < 1.29 is 28.2 Å². The van der Waals surface area contributed by atoms with Crippen molar-refractivity contribution >= 4 is 17.7 Å². The van der Waals surface area contributed by atoms with Crippen molar-refractivity contribution in [2.45, 2.75) is 38.5 Å². The van der Waals surface area contributed by atoms with Gasteiger partial charge in [-0.25, -0.2) is 14.2 Å². The van der Waals surface area contributed by atoms with Gasteiger partial charge in [0.1, 0.15) is 30.4 Å². The summed E-state index contributed by atoms with van der Waals surface area (Å²) in [5.74, 6) is -0.512. The Morgan fingerprint density at radius 2 is 1.89 bits per heavy atom. The van der Waals surface area contributed by atoms with E-state index in [-0.39, 0.29) is 48.6 Å². The number of anilines is 1. The van der Waals surface area contributed by atoms with Crippen molar-refractivity contribution in [3.05, 3.63) is 88.9 Å². The molecule has 1 N–H and O–H groups in total. The van der Waals surface area contributed by atoms with E-state index in [1.165, 1.54) is 17.0 Å². The first-order chi connectivity index (χ1) is 18.0. The molecule has 3 heterocycles. The Kier molecular flexibility index (Phi) is 7.32. The van der Waals surface area contributed by atoms with Gasteiger partial charge < -0.3 is 19.5 Å². The van der Waals surface area contributed by atoms with Gasteiger partial charge in [-0.2, -0.15) is 0 Å². The predicted octanol–water partition coefficient (Wildman–Crippen LogP) is 4.25. The molecule has 2 unspecified atom stereocenters. The van der Waals surface area contributed by atoms with Crippen LogP contribution in [0.3, 0.4) is 0 Å². The first-order valence-corrected chi connectivity index (χ1v) is 12.3. The second-order valence-electron chi connectivity index (χ2n) is 9.23. The number of fused-ring (bicyclic) bond motifs is 1. The fourth-order valence-electron chi connectivity index (χ4n) is 4.44. The highest BCUT2D eigenvalue weighted by Gasteiger charge is 2.34. The number of rotatable bonds is 6. The van der Waals surface area contributed by atoms with Crippen molar-refractivity contribution in [3.63, 3.8) is 0 Å². The number of nitrogens with zero attached hydrogens (tertiary/aromatic N) is 2. The smallest absolute Gasteiger partial charge is 0.415 e. The van der Waals surface area contributed by atoms with E-state index in [0.717, 1.165) is 17.5 Å². The molecule has 2 aromatic carbocycles. The Morgan fingerprint density at radius 3 is 2.62 bits per heavy atom. The Hall–Kier alpha value is -3.98. The summed E-state index contributed by atoms with van der Waals surface area (Å²) in [4.78, 5) is 32.5. The molecule has 2 atom stereocenters. The Balaban J connectivity index is 1.46. The number of nitrogens with one attached hydrogen (secondary N) is 1. The maximum absolute atomic E-state index is 13.5. The third-order valence-electron chi connectivity index (χ3n) is 6.40. The Morgan fingerprint density at radius 1 is 1.11 bits per heavy atom. The number of hydrogen-bond acceptors (Lipinski definition) is 6. The number of hydrogen-bond donors (Lipinski definition) is 1. The average Bonchev–Trinajstić information content (AvgIpc) is 3.42. The van der Waals surface area contributed by atoms with Crippen LogP contribution < -0.4 is 15.0 Å². The summed E-state index contributed by atoms with van der Waals surface area (Å²) in [7, 11) is 0. The van der Waals surface area contributed by atoms with Gasteiger partial charge in [0.15, 0.2) is 0 Å². The quantitative estimate of drug-likeness (QED) is 0.539. The highest BCUT2D eigenvalue weighted by molar-refractivity contribution is 5.96. The minimum atomic E-state index is -0.532. The zero-order valence-electron chi connectivity index (χ0n) is 20.5. The second kappa shape index (κ2) is 11.0. The molecule has 3 aromatic rings. The van der Waals surface area contributed by atoms with Crippen LogP contribution in [-0.4, -0.2) is 48.9 Å². The standard InChI is InChI=1S/C28H28FN3O5/c1-18-15-36-27-24(32(18)28(34)37-16-20-5-3-2-4-6-20)14-21(13-19-7-9-22(29)10-8-19)25(31-27)26(33)30-23-11-12-35-17-23/h2-10,14,18,23H,11-13,15-17H2,1H3,(H,30,33). The third kappa shape index (κ3) is 5.72.